The molecule has 1 amide bonds. The molecule has 1 rings (SSSR count). The fourth-order valence-corrected chi connectivity index (χ4v) is 1.60. The van der Waals surface area contributed by atoms with Crippen molar-refractivity contribution in [3.8, 4) is 0 Å². The lowest BCUT2D eigenvalue weighted by atomic mass is 9.96. The molecule has 1 saturated heterocycles. The van der Waals surface area contributed by atoms with Crippen molar-refractivity contribution in [2.45, 2.75) is 44.6 Å². The fraction of sp³-hybridized carbons (Fsp3) is 0.800. The van der Waals surface area contributed by atoms with Crippen molar-refractivity contribution in [3.05, 3.63) is 0 Å². The van der Waals surface area contributed by atoms with Crippen molar-refractivity contribution in [1.29, 1.82) is 0 Å². The molecule has 1 heterocycles. The summed E-state index contributed by atoms with van der Waals surface area (Å²) in [5.74, 6) is -0.621. The number of primary amides is 1. The molecule has 0 aromatic rings. The first kappa shape index (κ1) is 11.8. The molecular formula is C10H17NO4. The van der Waals surface area contributed by atoms with E-state index in [-0.39, 0.29) is 6.61 Å². The van der Waals surface area contributed by atoms with E-state index in [4.69, 9.17) is 10.5 Å². The van der Waals surface area contributed by atoms with Gasteiger partial charge in [-0.2, -0.15) is 0 Å². The molecule has 0 saturated carbocycles. The second kappa shape index (κ2) is 5.00. The summed E-state index contributed by atoms with van der Waals surface area (Å²) in [5.41, 5.74) is 4.00. The van der Waals surface area contributed by atoms with Crippen LogP contribution in [0.1, 0.15) is 39.0 Å². The Bertz CT molecular complexity index is 254. The normalized spacial score (nSPS) is 24.7. The molecule has 15 heavy (non-hydrogen) atoms. The minimum Gasteiger partial charge on any atom is -0.429 e. The summed E-state index contributed by atoms with van der Waals surface area (Å²) in [4.78, 5) is 22.0. The van der Waals surface area contributed by atoms with Crippen LogP contribution >= 0.6 is 0 Å². The number of nitrogens with two attached hydrogens (primary N) is 1. The SMILES string of the molecule is CCCCCCC1(C(N)=O)COC(=O)O1. The molecule has 0 radical (unpaired) electrons. The van der Waals surface area contributed by atoms with Crippen LogP contribution in [0.4, 0.5) is 4.79 Å². The highest BCUT2D eigenvalue weighted by atomic mass is 16.8. The molecule has 5 nitrogen and oxygen atoms in total. The van der Waals surface area contributed by atoms with Gasteiger partial charge in [0.1, 0.15) is 6.61 Å². The second-order valence-corrected chi connectivity index (χ2v) is 3.81. The van der Waals surface area contributed by atoms with Gasteiger partial charge in [0.05, 0.1) is 0 Å². The van der Waals surface area contributed by atoms with Crippen LogP contribution < -0.4 is 5.73 Å². The van der Waals surface area contributed by atoms with Gasteiger partial charge in [-0.05, 0) is 6.42 Å². The molecule has 1 atom stereocenters. The van der Waals surface area contributed by atoms with Gasteiger partial charge in [-0.3, -0.25) is 4.79 Å². The van der Waals surface area contributed by atoms with Gasteiger partial charge in [0.25, 0.3) is 5.91 Å². The lowest BCUT2D eigenvalue weighted by Gasteiger charge is -2.20. The third kappa shape index (κ3) is 2.84. The zero-order valence-electron chi connectivity index (χ0n) is 8.95. The Hall–Kier alpha value is -1.26. The maximum atomic E-state index is 11.2. The van der Waals surface area contributed by atoms with E-state index < -0.39 is 17.7 Å². The van der Waals surface area contributed by atoms with Crippen molar-refractivity contribution in [1.82, 2.24) is 0 Å². The van der Waals surface area contributed by atoms with Crippen molar-refractivity contribution < 1.29 is 19.1 Å². The van der Waals surface area contributed by atoms with E-state index in [0.29, 0.717) is 6.42 Å². The fourth-order valence-electron chi connectivity index (χ4n) is 1.60. The van der Waals surface area contributed by atoms with Crippen LogP contribution in [0.3, 0.4) is 0 Å². The minimum absolute atomic E-state index is 0.0483. The van der Waals surface area contributed by atoms with E-state index in [1.54, 1.807) is 0 Å². The number of hydrogen-bond donors (Lipinski definition) is 1. The van der Waals surface area contributed by atoms with Crippen LogP contribution in [0.2, 0.25) is 0 Å². The first-order valence-electron chi connectivity index (χ1n) is 5.26. The van der Waals surface area contributed by atoms with Crippen LogP contribution in [0.15, 0.2) is 0 Å². The molecule has 0 bridgehead atoms. The molecule has 0 aromatic heterocycles. The number of amides is 1. The monoisotopic (exact) mass is 215 g/mol. The van der Waals surface area contributed by atoms with Gasteiger partial charge >= 0.3 is 6.16 Å². The minimum atomic E-state index is -1.22. The Kier molecular flexibility index (Phi) is 3.94. The summed E-state index contributed by atoms with van der Waals surface area (Å²) >= 11 is 0. The van der Waals surface area contributed by atoms with Gasteiger partial charge in [-0.15, -0.1) is 0 Å². The van der Waals surface area contributed by atoms with Gasteiger partial charge < -0.3 is 15.2 Å². The van der Waals surface area contributed by atoms with Crippen LogP contribution in [0.25, 0.3) is 0 Å². The molecule has 86 valence electrons. The molecular weight excluding hydrogens is 198 g/mol. The molecule has 1 aliphatic rings. The van der Waals surface area contributed by atoms with Crippen molar-refractivity contribution in [2.75, 3.05) is 6.61 Å². The highest BCUT2D eigenvalue weighted by molar-refractivity contribution is 5.87. The molecule has 0 aromatic carbocycles. The van der Waals surface area contributed by atoms with Gasteiger partial charge in [0.15, 0.2) is 0 Å². The van der Waals surface area contributed by atoms with E-state index in [1.165, 1.54) is 0 Å². The van der Waals surface area contributed by atoms with E-state index in [0.717, 1.165) is 25.7 Å². The van der Waals surface area contributed by atoms with E-state index in [2.05, 4.69) is 11.7 Å². The number of ether oxygens (including phenoxy) is 2. The first-order chi connectivity index (χ1) is 7.10. The number of carbonyl (C=O) groups is 2. The van der Waals surface area contributed by atoms with Crippen molar-refractivity contribution in [2.24, 2.45) is 5.73 Å². The Labute approximate surface area is 88.9 Å². The van der Waals surface area contributed by atoms with Crippen LogP contribution in [0.5, 0.6) is 0 Å². The largest absolute Gasteiger partial charge is 0.509 e. The van der Waals surface area contributed by atoms with Crippen molar-refractivity contribution >= 4 is 12.1 Å². The predicted octanol–water partition coefficient (Wildman–Crippen LogP) is 1.35. The van der Waals surface area contributed by atoms with E-state index in [9.17, 15) is 9.59 Å². The van der Waals surface area contributed by atoms with Gasteiger partial charge in [-0.25, -0.2) is 4.79 Å². The molecule has 1 fully saturated rings. The molecule has 0 spiro atoms. The average molecular weight is 215 g/mol. The average Bonchev–Trinajstić information content (AvgIpc) is 2.56. The Morgan fingerprint density at radius 1 is 1.47 bits per heavy atom. The number of unbranched alkanes of at least 4 members (excludes halogenated alkanes) is 3. The van der Waals surface area contributed by atoms with Crippen LogP contribution in [-0.2, 0) is 14.3 Å². The molecule has 1 aliphatic heterocycles. The van der Waals surface area contributed by atoms with Gasteiger partial charge in [0.2, 0.25) is 5.60 Å². The zero-order valence-corrected chi connectivity index (χ0v) is 8.95. The number of hydrogen-bond acceptors (Lipinski definition) is 4. The number of carbonyl (C=O) groups excluding carboxylic acids is 2. The molecule has 1 unspecified atom stereocenters. The first-order valence-corrected chi connectivity index (χ1v) is 5.26. The third-order valence-electron chi connectivity index (χ3n) is 2.59. The third-order valence-corrected chi connectivity index (χ3v) is 2.59. The van der Waals surface area contributed by atoms with E-state index in [1.807, 2.05) is 0 Å². The highest BCUT2D eigenvalue weighted by Crippen LogP contribution is 2.26. The van der Waals surface area contributed by atoms with Gasteiger partial charge in [-0.1, -0.05) is 26.2 Å². The summed E-state index contributed by atoms with van der Waals surface area (Å²) < 4.78 is 9.48. The Balaban J connectivity index is 2.45. The zero-order chi connectivity index (χ0) is 11.3. The Morgan fingerprint density at radius 3 is 2.67 bits per heavy atom. The van der Waals surface area contributed by atoms with Crippen LogP contribution in [0, 0.1) is 0 Å². The highest BCUT2D eigenvalue weighted by Gasteiger charge is 2.47. The van der Waals surface area contributed by atoms with E-state index >= 15 is 0 Å². The topological polar surface area (TPSA) is 78.6 Å². The van der Waals surface area contributed by atoms with Gasteiger partial charge in [0, 0.05) is 6.42 Å². The molecule has 5 heteroatoms. The number of rotatable bonds is 6. The van der Waals surface area contributed by atoms with Crippen LogP contribution in [-0.4, -0.2) is 24.3 Å². The summed E-state index contributed by atoms with van der Waals surface area (Å²) in [6, 6.07) is 0. The summed E-state index contributed by atoms with van der Waals surface area (Å²) in [6.45, 7) is 2.05. The second-order valence-electron chi connectivity index (χ2n) is 3.81. The molecule has 2 N–H and O–H groups in total. The quantitative estimate of drug-likeness (QED) is 0.535. The maximum absolute atomic E-state index is 11.2. The number of cyclic esters (lactones) is 2. The lowest BCUT2D eigenvalue weighted by Crippen LogP contribution is -2.46. The smallest absolute Gasteiger partial charge is 0.429 e. The summed E-state index contributed by atoms with van der Waals surface area (Å²) in [6.07, 6.45) is 3.68. The van der Waals surface area contributed by atoms with Crippen molar-refractivity contribution in [3.63, 3.8) is 0 Å². The summed E-state index contributed by atoms with van der Waals surface area (Å²) in [7, 11) is 0. The predicted molar refractivity (Wildman–Crippen MR) is 53.1 cm³/mol. The Morgan fingerprint density at radius 2 is 2.20 bits per heavy atom. The summed E-state index contributed by atoms with van der Waals surface area (Å²) in [5, 5.41) is 0. The standard InChI is InChI=1S/C10H17NO4/c1-2-3-4-5-6-10(8(11)12)7-14-9(13)15-10/h2-7H2,1H3,(H2,11,12). The lowest BCUT2D eigenvalue weighted by molar-refractivity contribution is -0.134. The maximum Gasteiger partial charge on any atom is 0.509 e. The molecule has 0 aliphatic carbocycles.